The molecule has 118 valence electrons. The molecule has 0 spiro atoms. The Bertz CT molecular complexity index is 584. The summed E-state index contributed by atoms with van der Waals surface area (Å²) >= 11 is 0. The lowest BCUT2D eigenvalue weighted by molar-refractivity contribution is -0.384. The molecule has 0 unspecified atom stereocenters. The summed E-state index contributed by atoms with van der Waals surface area (Å²) in [5.41, 5.74) is 0.185. The number of esters is 1. The van der Waals surface area contributed by atoms with Crippen LogP contribution in [0.25, 0.3) is 0 Å². The minimum absolute atomic E-state index is 0.0780. The van der Waals surface area contributed by atoms with Gasteiger partial charge in [-0.05, 0) is 19.2 Å². The Morgan fingerprint density at radius 2 is 2.00 bits per heavy atom. The maximum absolute atomic E-state index is 12.0. The van der Waals surface area contributed by atoms with Crippen molar-refractivity contribution >= 4 is 17.4 Å². The first-order valence-electron chi connectivity index (χ1n) is 7.10. The van der Waals surface area contributed by atoms with Gasteiger partial charge in [0.1, 0.15) is 11.9 Å². The first-order chi connectivity index (χ1) is 10.4. The van der Waals surface area contributed by atoms with Crippen LogP contribution in [0.4, 0.5) is 5.69 Å². The lowest BCUT2D eigenvalue weighted by Crippen LogP contribution is -2.32. The van der Waals surface area contributed by atoms with Crippen molar-refractivity contribution in [3.8, 4) is 0 Å². The molecule has 0 amide bonds. The van der Waals surface area contributed by atoms with E-state index >= 15 is 0 Å². The molecule has 0 N–H and O–H groups in total. The van der Waals surface area contributed by atoms with Gasteiger partial charge in [0.15, 0.2) is 0 Å². The van der Waals surface area contributed by atoms with Crippen LogP contribution in [-0.4, -0.2) is 47.3 Å². The van der Waals surface area contributed by atoms with Crippen molar-refractivity contribution in [3.63, 3.8) is 0 Å². The van der Waals surface area contributed by atoms with Crippen molar-refractivity contribution in [2.75, 3.05) is 13.6 Å². The molecule has 0 aliphatic carbocycles. The van der Waals surface area contributed by atoms with Gasteiger partial charge >= 0.3 is 5.97 Å². The average Bonchev–Trinajstić information content (AvgIpc) is 2.87. The molecule has 0 saturated carbocycles. The summed E-state index contributed by atoms with van der Waals surface area (Å²) < 4.78 is 5.39. The minimum Gasteiger partial charge on any atom is -0.457 e. The maximum Gasteiger partial charge on any atom is 0.338 e. The van der Waals surface area contributed by atoms with Gasteiger partial charge in [-0.15, -0.1) is 0 Å². The number of benzene rings is 1. The van der Waals surface area contributed by atoms with E-state index < -0.39 is 10.9 Å². The Morgan fingerprint density at radius 1 is 1.36 bits per heavy atom. The van der Waals surface area contributed by atoms with Crippen molar-refractivity contribution in [3.05, 3.63) is 39.9 Å². The molecule has 7 heteroatoms. The number of likely N-dealkylation sites (N-methyl/N-ethyl adjacent to an activating group) is 1. The zero-order valence-corrected chi connectivity index (χ0v) is 12.5. The Morgan fingerprint density at radius 3 is 2.55 bits per heavy atom. The van der Waals surface area contributed by atoms with Crippen LogP contribution in [0.15, 0.2) is 24.3 Å². The zero-order valence-electron chi connectivity index (χ0n) is 12.5. The summed E-state index contributed by atoms with van der Waals surface area (Å²) in [5, 5.41) is 10.6. The van der Waals surface area contributed by atoms with Crippen LogP contribution in [-0.2, 0) is 9.53 Å². The van der Waals surface area contributed by atoms with E-state index in [0.717, 1.165) is 0 Å². The molecular weight excluding hydrogens is 288 g/mol. The van der Waals surface area contributed by atoms with E-state index in [9.17, 15) is 19.7 Å². The van der Waals surface area contributed by atoms with Crippen molar-refractivity contribution in [1.82, 2.24) is 4.90 Å². The number of likely N-dealkylation sites (tertiary alicyclic amines) is 1. The topological polar surface area (TPSA) is 89.8 Å². The fraction of sp³-hybridized carbons (Fsp3) is 0.467. The van der Waals surface area contributed by atoms with Gasteiger partial charge in [-0.25, -0.2) is 4.79 Å². The first kappa shape index (κ1) is 16.1. The number of non-ortho nitro benzene ring substituents is 1. The number of ether oxygens (including phenoxy) is 1. The number of nitro groups is 1. The third-order valence-corrected chi connectivity index (χ3v) is 3.82. The number of ketones is 1. The standard InChI is InChI=1S/C15H18N2O5/c1-3-14(18)13-8-12(9-16(13)2)22-15(19)10-4-6-11(7-5-10)17(20)21/h4-7,12-13H,3,8-9H2,1-2H3/t12-,13-/m0/s1. The van der Waals surface area contributed by atoms with Crippen LogP contribution < -0.4 is 0 Å². The summed E-state index contributed by atoms with van der Waals surface area (Å²) in [6, 6.07) is 5.06. The van der Waals surface area contributed by atoms with Crippen LogP contribution >= 0.6 is 0 Å². The molecule has 1 heterocycles. The van der Waals surface area contributed by atoms with Crippen molar-refractivity contribution < 1.29 is 19.2 Å². The normalized spacial score (nSPS) is 21.5. The number of nitro benzene ring substituents is 1. The molecular formula is C15H18N2O5. The highest BCUT2D eigenvalue weighted by Crippen LogP contribution is 2.22. The van der Waals surface area contributed by atoms with Crippen LogP contribution in [0, 0.1) is 10.1 Å². The number of hydrogen-bond acceptors (Lipinski definition) is 6. The number of carbonyl (C=O) groups is 2. The van der Waals surface area contributed by atoms with E-state index in [-0.39, 0.29) is 29.2 Å². The van der Waals surface area contributed by atoms with E-state index in [2.05, 4.69) is 0 Å². The number of carbonyl (C=O) groups excluding carboxylic acids is 2. The van der Waals surface area contributed by atoms with E-state index in [1.807, 2.05) is 18.9 Å². The van der Waals surface area contributed by atoms with Crippen LogP contribution in [0.3, 0.4) is 0 Å². The van der Waals surface area contributed by atoms with E-state index in [1.54, 1.807) is 0 Å². The molecule has 7 nitrogen and oxygen atoms in total. The van der Waals surface area contributed by atoms with E-state index in [1.165, 1.54) is 24.3 Å². The highest BCUT2D eigenvalue weighted by molar-refractivity contribution is 5.90. The second-order valence-electron chi connectivity index (χ2n) is 5.34. The van der Waals surface area contributed by atoms with Gasteiger partial charge in [0.05, 0.1) is 16.5 Å². The van der Waals surface area contributed by atoms with Gasteiger partial charge in [-0.2, -0.15) is 0 Å². The van der Waals surface area contributed by atoms with Gasteiger partial charge in [0.2, 0.25) is 0 Å². The summed E-state index contributed by atoms with van der Waals surface area (Å²) in [6.45, 7) is 2.32. The molecule has 1 aliphatic heterocycles. The van der Waals surface area contributed by atoms with Gasteiger partial charge < -0.3 is 4.74 Å². The Kier molecular flexibility index (Phi) is 4.87. The molecule has 0 aromatic heterocycles. The van der Waals surface area contributed by atoms with Gasteiger partial charge in [-0.3, -0.25) is 19.8 Å². The van der Waals surface area contributed by atoms with Gasteiger partial charge in [0, 0.05) is 31.5 Å². The summed E-state index contributed by atoms with van der Waals surface area (Å²) in [7, 11) is 1.83. The monoisotopic (exact) mass is 306 g/mol. The number of hydrogen-bond donors (Lipinski definition) is 0. The quantitative estimate of drug-likeness (QED) is 0.468. The zero-order chi connectivity index (χ0) is 16.3. The summed E-state index contributed by atoms with van der Waals surface area (Å²) in [6.07, 6.45) is 0.605. The van der Waals surface area contributed by atoms with Crippen molar-refractivity contribution in [2.45, 2.75) is 31.9 Å². The van der Waals surface area contributed by atoms with Crippen LogP contribution in [0.5, 0.6) is 0 Å². The molecule has 2 atom stereocenters. The first-order valence-corrected chi connectivity index (χ1v) is 7.10. The highest BCUT2D eigenvalue weighted by Gasteiger charge is 2.35. The minimum atomic E-state index is -0.530. The molecule has 2 rings (SSSR count). The van der Waals surface area contributed by atoms with Gasteiger partial charge in [-0.1, -0.05) is 6.92 Å². The Hall–Kier alpha value is -2.28. The predicted molar refractivity (Wildman–Crippen MR) is 78.6 cm³/mol. The second-order valence-corrected chi connectivity index (χ2v) is 5.34. The maximum atomic E-state index is 12.0. The fourth-order valence-corrected chi connectivity index (χ4v) is 2.59. The predicted octanol–water partition coefficient (Wildman–Crippen LogP) is 1.80. The Labute approximate surface area is 128 Å². The van der Waals surface area contributed by atoms with Crippen molar-refractivity contribution in [1.29, 1.82) is 0 Å². The third-order valence-electron chi connectivity index (χ3n) is 3.82. The lowest BCUT2D eigenvalue weighted by atomic mass is 10.1. The number of nitrogens with zero attached hydrogens (tertiary/aromatic N) is 2. The van der Waals surface area contributed by atoms with Crippen LogP contribution in [0.1, 0.15) is 30.1 Å². The van der Waals surface area contributed by atoms with E-state index in [4.69, 9.17) is 4.74 Å². The molecule has 1 saturated heterocycles. The van der Waals surface area contributed by atoms with Crippen LogP contribution in [0.2, 0.25) is 0 Å². The largest absolute Gasteiger partial charge is 0.457 e. The van der Waals surface area contributed by atoms with Crippen molar-refractivity contribution in [2.24, 2.45) is 0 Å². The smallest absolute Gasteiger partial charge is 0.338 e. The summed E-state index contributed by atoms with van der Waals surface area (Å²) in [4.78, 5) is 35.8. The molecule has 22 heavy (non-hydrogen) atoms. The molecule has 1 fully saturated rings. The second kappa shape index (κ2) is 6.65. The summed E-state index contributed by atoms with van der Waals surface area (Å²) in [5.74, 6) is -0.394. The highest BCUT2D eigenvalue weighted by atomic mass is 16.6. The molecule has 1 aromatic carbocycles. The molecule has 0 bridgehead atoms. The SMILES string of the molecule is CCC(=O)[C@@H]1C[C@H](OC(=O)c2ccc([N+](=O)[O-])cc2)CN1C. The average molecular weight is 306 g/mol. The fourth-order valence-electron chi connectivity index (χ4n) is 2.59. The Balaban J connectivity index is 1.98. The van der Waals surface area contributed by atoms with E-state index in [0.29, 0.717) is 19.4 Å². The molecule has 0 radical (unpaired) electrons. The lowest BCUT2D eigenvalue weighted by Gasteiger charge is -2.15. The molecule has 1 aromatic rings. The van der Waals surface area contributed by atoms with Gasteiger partial charge in [0.25, 0.3) is 5.69 Å². The molecule has 1 aliphatic rings. The number of rotatable bonds is 5. The third kappa shape index (κ3) is 3.48. The number of Topliss-reactive ketones (excluding diaryl/α,β-unsaturated/α-hetero) is 1.